The van der Waals surface area contributed by atoms with E-state index in [-0.39, 0.29) is 31.1 Å². The minimum atomic E-state index is -1.08. The molecular formula is C25H36N2O6. The number of rotatable bonds is 9. The quantitative estimate of drug-likeness (QED) is 0.417. The van der Waals surface area contributed by atoms with Crippen molar-refractivity contribution in [2.45, 2.75) is 81.7 Å². The topological polar surface area (TPSA) is 96.4 Å². The van der Waals surface area contributed by atoms with Gasteiger partial charge in [-0.1, -0.05) is 38.0 Å². The van der Waals surface area contributed by atoms with Crippen molar-refractivity contribution >= 4 is 17.8 Å². The fourth-order valence-electron chi connectivity index (χ4n) is 6.55. The Morgan fingerprint density at radius 1 is 1.27 bits per heavy atom. The first-order chi connectivity index (χ1) is 15.9. The third-order valence-corrected chi connectivity index (χ3v) is 7.95. The fourth-order valence-corrected chi connectivity index (χ4v) is 6.55. The van der Waals surface area contributed by atoms with Gasteiger partial charge in [0, 0.05) is 12.6 Å². The summed E-state index contributed by atoms with van der Waals surface area (Å²) in [5.74, 6) is -2.49. The number of esters is 1. The molecule has 0 aromatic carbocycles. The molecule has 3 aliphatic heterocycles. The van der Waals surface area contributed by atoms with Gasteiger partial charge in [-0.05, 0) is 32.6 Å². The molecule has 4 aliphatic rings. The average molecular weight is 461 g/mol. The summed E-state index contributed by atoms with van der Waals surface area (Å²) in [6.07, 6.45) is 9.02. The first kappa shape index (κ1) is 24.0. The second-order valence-electron chi connectivity index (χ2n) is 9.82. The van der Waals surface area contributed by atoms with Gasteiger partial charge in [0.1, 0.15) is 18.2 Å². The number of nitrogens with zero attached hydrogens (tertiary/aromatic N) is 2. The van der Waals surface area contributed by atoms with Crippen LogP contribution in [0.3, 0.4) is 0 Å². The Labute approximate surface area is 195 Å². The van der Waals surface area contributed by atoms with Gasteiger partial charge in [0.25, 0.3) is 0 Å². The predicted octanol–water partition coefficient (Wildman–Crippen LogP) is 1.82. The largest absolute Gasteiger partial charge is 0.461 e. The lowest BCUT2D eigenvalue weighted by Crippen LogP contribution is -2.60. The second kappa shape index (κ2) is 9.58. The molecule has 33 heavy (non-hydrogen) atoms. The molecule has 1 saturated carbocycles. The zero-order chi connectivity index (χ0) is 23.8. The number of likely N-dealkylation sites (tertiary alicyclic amines) is 1. The third-order valence-electron chi connectivity index (χ3n) is 7.95. The molecule has 0 aromatic heterocycles. The van der Waals surface area contributed by atoms with Crippen LogP contribution in [0.25, 0.3) is 0 Å². The van der Waals surface area contributed by atoms with Crippen LogP contribution in [0.1, 0.15) is 51.9 Å². The zero-order valence-corrected chi connectivity index (χ0v) is 19.5. The summed E-state index contributed by atoms with van der Waals surface area (Å²) in [6, 6.07) is -1.36. The van der Waals surface area contributed by atoms with Crippen molar-refractivity contribution in [3.8, 4) is 0 Å². The van der Waals surface area contributed by atoms with E-state index in [2.05, 4.69) is 13.2 Å². The lowest BCUT2D eigenvalue weighted by atomic mass is 9.70. The number of amides is 2. The van der Waals surface area contributed by atoms with Gasteiger partial charge in [0.05, 0.1) is 30.6 Å². The van der Waals surface area contributed by atoms with Crippen molar-refractivity contribution < 1.29 is 29.0 Å². The molecule has 8 heteroatoms. The smallest absolute Gasteiger partial charge is 0.312 e. The first-order valence-corrected chi connectivity index (χ1v) is 12.2. The van der Waals surface area contributed by atoms with Crippen LogP contribution in [-0.4, -0.2) is 82.3 Å². The van der Waals surface area contributed by atoms with Crippen molar-refractivity contribution in [2.75, 3.05) is 19.8 Å². The fraction of sp³-hybridized carbons (Fsp3) is 0.720. The SMILES string of the molecule is C=CCOC(=O)[C@@H]1[C@@H]2CCC3(O2)C(C(=O)N(CC=C)C2CCCCC2)N([C@H](C)CO)C(=O)[C@H]13. The zero-order valence-electron chi connectivity index (χ0n) is 19.5. The lowest BCUT2D eigenvalue weighted by molar-refractivity contribution is -0.156. The molecule has 1 aliphatic carbocycles. The van der Waals surface area contributed by atoms with E-state index in [9.17, 15) is 19.5 Å². The van der Waals surface area contributed by atoms with E-state index in [4.69, 9.17) is 9.47 Å². The van der Waals surface area contributed by atoms with Crippen LogP contribution >= 0.6 is 0 Å². The van der Waals surface area contributed by atoms with E-state index in [1.807, 2.05) is 4.90 Å². The van der Waals surface area contributed by atoms with Gasteiger partial charge in [-0.2, -0.15) is 0 Å². The van der Waals surface area contributed by atoms with E-state index in [0.29, 0.717) is 19.4 Å². The van der Waals surface area contributed by atoms with Crippen LogP contribution in [0.4, 0.5) is 0 Å². The molecule has 2 bridgehead atoms. The summed E-state index contributed by atoms with van der Waals surface area (Å²) in [7, 11) is 0. The highest BCUT2D eigenvalue weighted by molar-refractivity contribution is 5.98. The molecule has 3 heterocycles. The Hall–Kier alpha value is -2.19. The number of hydrogen-bond acceptors (Lipinski definition) is 6. The van der Waals surface area contributed by atoms with Crippen molar-refractivity contribution in [1.82, 2.24) is 9.80 Å². The summed E-state index contributed by atoms with van der Waals surface area (Å²) in [5.41, 5.74) is -1.08. The number of carbonyl (C=O) groups excluding carboxylic acids is 3. The van der Waals surface area contributed by atoms with Gasteiger partial charge in [-0.3, -0.25) is 14.4 Å². The lowest BCUT2D eigenvalue weighted by Gasteiger charge is -2.41. The maximum Gasteiger partial charge on any atom is 0.312 e. The molecule has 4 rings (SSSR count). The standard InChI is InChI=1S/C25H36N2O6/c1-4-13-26(17-9-7-6-8-10-17)23(30)21-25-12-11-18(33-25)19(24(31)32-14-5-2)20(25)22(29)27(21)16(3)15-28/h4-5,16-21,28H,1-2,6-15H2,3H3/t16-,18+,19-,20+,21?,25?/m1/s1. The van der Waals surface area contributed by atoms with Crippen LogP contribution in [-0.2, 0) is 23.9 Å². The van der Waals surface area contributed by atoms with Crippen LogP contribution in [0.15, 0.2) is 25.3 Å². The Balaban J connectivity index is 1.72. The molecule has 2 amide bonds. The molecule has 182 valence electrons. The monoisotopic (exact) mass is 460 g/mol. The van der Waals surface area contributed by atoms with Crippen molar-refractivity contribution in [3.05, 3.63) is 25.3 Å². The van der Waals surface area contributed by atoms with Gasteiger partial charge in [0.15, 0.2) is 0 Å². The van der Waals surface area contributed by atoms with Crippen molar-refractivity contribution in [1.29, 1.82) is 0 Å². The third kappa shape index (κ3) is 3.81. The molecule has 6 atom stereocenters. The number of aliphatic hydroxyl groups is 1. The summed E-state index contributed by atoms with van der Waals surface area (Å²) in [6.45, 7) is 9.33. The van der Waals surface area contributed by atoms with Crippen LogP contribution in [0, 0.1) is 11.8 Å². The highest BCUT2D eigenvalue weighted by Gasteiger charge is 2.75. The van der Waals surface area contributed by atoms with E-state index >= 15 is 0 Å². The number of carbonyl (C=O) groups is 3. The molecule has 1 spiro atoms. The number of aliphatic hydroxyl groups excluding tert-OH is 1. The molecule has 3 saturated heterocycles. The Kier molecular flexibility index (Phi) is 6.96. The summed E-state index contributed by atoms with van der Waals surface area (Å²) < 4.78 is 11.7. The maximum atomic E-state index is 14.2. The van der Waals surface area contributed by atoms with Crippen LogP contribution in [0.2, 0.25) is 0 Å². The van der Waals surface area contributed by atoms with E-state index in [1.165, 1.54) is 11.0 Å². The van der Waals surface area contributed by atoms with Gasteiger partial charge in [-0.25, -0.2) is 0 Å². The Morgan fingerprint density at radius 3 is 2.64 bits per heavy atom. The van der Waals surface area contributed by atoms with E-state index < -0.39 is 41.6 Å². The highest BCUT2D eigenvalue weighted by Crippen LogP contribution is 2.59. The summed E-state index contributed by atoms with van der Waals surface area (Å²) >= 11 is 0. The first-order valence-electron chi connectivity index (χ1n) is 12.2. The highest BCUT2D eigenvalue weighted by atomic mass is 16.6. The summed E-state index contributed by atoms with van der Waals surface area (Å²) in [4.78, 5) is 44.2. The molecule has 4 fully saturated rings. The molecule has 0 radical (unpaired) electrons. The van der Waals surface area contributed by atoms with Gasteiger partial charge >= 0.3 is 5.97 Å². The van der Waals surface area contributed by atoms with E-state index in [0.717, 1.165) is 32.1 Å². The minimum absolute atomic E-state index is 0.0594. The number of ether oxygens (including phenoxy) is 2. The minimum Gasteiger partial charge on any atom is -0.461 e. The predicted molar refractivity (Wildman–Crippen MR) is 121 cm³/mol. The number of hydrogen-bond donors (Lipinski definition) is 1. The Bertz CT molecular complexity index is 809. The number of fused-ring (bicyclic) bond motifs is 1. The molecule has 8 nitrogen and oxygen atoms in total. The second-order valence-corrected chi connectivity index (χ2v) is 9.82. The van der Waals surface area contributed by atoms with Gasteiger partial charge < -0.3 is 24.4 Å². The molecule has 2 unspecified atom stereocenters. The normalized spacial score (nSPS) is 34.1. The Morgan fingerprint density at radius 2 is 2.00 bits per heavy atom. The van der Waals surface area contributed by atoms with Crippen molar-refractivity contribution in [2.24, 2.45) is 11.8 Å². The van der Waals surface area contributed by atoms with E-state index in [1.54, 1.807) is 13.0 Å². The average Bonchev–Trinajstić information content (AvgIpc) is 3.48. The summed E-state index contributed by atoms with van der Waals surface area (Å²) in [5, 5.41) is 9.95. The van der Waals surface area contributed by atoms with Crippen molar-refractivity contribution in [3.63, 3.8) is 0 Å². The molecule has 0 aromatic rings. The van der Waals surface area contributed by atoms with Crippen LogP contribution < -0.4 is 0 Å². The molecular weight excluding hydrogens is 424 g/mol. The van der Waals surface area contributed by atoms with Gasteiger partial charge in [-0.15, -0.1) is 6.58 Å². The van der Waals surface area contributed by atoms with Crippen LogP contribution in [0.5, 0.6) is 0 Å². The maximum absolute atomic E-state index is 14.2. The molecule has 1 N–H and O–H groups in total. The van der Waals surface area contributed by atoms with Gasteiger partial charge in [0.2, 0.25) is 11.8 Å².